The molecule has 2 aromatic carbocycles. The zero-order valence-electron chi connectivity index (χ0n) is 13.5. The number of nitrogens with zero attached hydrogens (tertiary/aromatic N) is 1. The van der Waals surface area contributed by atoms with Crippen molar-refractivity contribution in [3.05, 3.63) is 70.9 Å². The average molecular weight is 319 g/mol. The van der Waals surface area contributed by atoms with Gasteiger partial charge < -0.3 is 11.1 Å². The van der Waals surface area contributed by atoms with Gasteiger partial charge in [-0.2, -0.15) is 0 Å². The molecule has 2 amide bonds. The lowest BCUT2D eigenvalue weighted by atomic mass is 10.1. The number of hydrogen-bond acceptors (Lipinski definition) is 3. The normalized spacial score (nSPS) is 10.6. The molecule has 0 radical (unpaired) electrons. The number of nitrogens with two attached hydrogens (primary N) is 1. The summed E-state index contributed by atoms with van der Waals surface area (Å²) < 4.78 is 0. The van der Waals surface area contributed by atoms with E-state index in [-0.39, 0.29) is 5.91 Å². The van der Waals surface area contributed by atoms with E-state index in [9.17, 15) is 9.59 Å². The molecule has 0 saturated carbocycles. The van der Waals surface area contributed by atoms with E-state index in [1.54, 1.807) is 31.2 Å². The first-order valence-corrected chi connectivity index (χ1v) is 7.53. The van der Waals surface area contributed by atoms with Crippen LogP contribution in [-0.4, -0.2) is 16.8 Å². The highest BCUT2D eigenvalue weighted by molar-refractivity contribution is 6.07. The van der Waals surface area contributed by atoms with Gasteiger partial charge in [0, 0.05) is 16.6 Å². The number of aryl methyl sites for hydroxylation is 2. The van der Waals surface area contributed by atoms with Crippen molar-refractivity contribution in [1.29, 1.82) is 0 Å². The molecule has 3 aromatic rings. The highest BCUT2D eigenvalue weighted by atomic mass is 16.2. The van der Waals surface area contributed by atoms with Crippen LogP contribution >= 0.6 is 0 Å². The molecule has 0 aliphatic rings. The third kappa shape index (κ3) is 3.10. The Hall–Kier alpha value is -3.21. The molecule has 0 saturated heterocycles. The lowest BCUT2D eigenvalue weighted by molar-refractivity contribution is 0.0996. The molecule has 0 unspecified atom stereocenters. The van der Waals surface area contributed by atoms with Crippen LogP contribution in [-0.2, 0) is 0 Å². The second-order valence-electron chi connectivity index (χ2n) is 5.72. The lowest BCUT2D eigenvalue weighted by Gasteiger charge is -2.10. The van der Waals surface area contributed by atoms with Gasteiger partial charge in [-0.25, -0.2) is 0 Å². The Morgan fingerprint density at radius 1 is 1.04 bits per heavy atom. The molecule has 0 bridgehead atoms. The SMILES string of the molecule is Cc1ccc2nc(C)c(C(=O)Nc3cccc(C(N)=O)c3)cc2c1. The fraction of sp³-hybridized carbons (Fsp3) is 0.105. The number of rotatable bonds is 3. The van der Waals surface area contributed by atoms with Crippen molar-refractivity contribution < 1.29 is 9.59 Å². The van der Waals surface area contributed by atoms with Gasteiger partial charge in [0.1, 0.15) is 0 Å². The fourth-order valence-corrected chi connectivity index (χ4v) is 2.57. The Kier molecular flexibility index (Phi) is 4.00. The van der Waals surface area contributed by atoms with Gasteiger partial charge in [0.15, 0.2) is 0 Å². The van der Waals surface area contributed by atoms with Crippen LogP contribution in [0.4, 0.5) is 5.69 Å². The summed E-state index contributed by atoms with van der Waals surface area (Å²) in [6, 6.07) is 14.3. The molecular weight excluding hydrogens is 302 g/mol. The number of pyridine rings is 1. The zero-order chi connectivity index (χ0) is 17.3. The summed E-state index contributed by atoms with van der Waals surface area (Å²) in [7, 11) is 0. The summed E-state index contributed by atoms with van der Waals surface area (Å²) in [5.74, 6) is -0.810. The molecule has 24 heavy (non-hydrogen) atoms. The Morgan fingerprint density at radius 2 is 1.83 bits per heavy atom. The second-order valence-corrected chi connectivity index (χ2v) is 5.72. The molecule has 1 aromatic heterocycles. The van der Waals surface area contributed by atoms with E-state index < -0.39 is 5.91 Å². The van der Waals surface area contributed by atoms with Crippen LogP contribution in [0.3, 0.4) is 0 Å². The lowest BCUT2D eigenvalue weighted by Crippen LogP contribution is -2.16. The Bertz CT molecular complexity index is 964. The highest BCUT2D eigenvalue weighted by Gasteiger charge is 2.13. The summed E-state index contributed by atoms with van der Waals surface area (Å²) in [4.78, 5) is 28.3. The molecule has 0 fully saturated rings. The van der Waals surface area contributed by atoms with E-state index in [1.165, 1.54) is 0 Å². The molecule has 0 atom stereocenters. The molecule has 0 aliphatic heterocycles. The summed E-state index contributed by atoms with van der Waals surface area (Å²) in [6.07, 6.45) is 0. The topological polar surface area (TPSA) is 85.1 Å². The number of primary amides is 1. The molecule has 3 N–H and O–H groups in total. The summed E-state index contributed by atoms with van der Waals surface area (Å²) in [6.45, 7) is 3.79. The molecule has 0 aliphatic carbocycles. The van der Waals surface area contributed by atoms with Crippen LogP contribution in [0.1, 0.15) is 32.0 Å². The van der Waals surface area contributed by atoms with Gasteiger partial charge >= 0.3 is 0 Å². The van der Waals surface area contributed by atoms with Gasteiger partial charge in [-0.1, -0.05) is 17.7 Å². The van der Waals surface area contributed by atoms with Crippen LogP contribution in [0.2, 0.25) is 0 Å². The van der Waals surface area contributed by atoms with Crippen LogP contribution in [0, 0.1) is 13.8 Å². The summed E-state index contributed by atoms with van der Waals surface area (Å²) >= 11 is 0. The van der Waals surface area contributed by atoms with Crippen molar-refractivity contribution in [2.24, 2.45) is 5.73 Å². The molecule has 5 nitrogen and oxygen atoms in total. The first-order chi connectivity index (χ1) is 11.4. The number of nitrogens with one attached hydrogen (secondary N) is 1. The van der Waals surface area contributed by atoms with Crippen molar-refractivity contribution in [3.63, 3.8) is 0 Å². The van der Waals surface area contributed by atoms with E-state index in [0.29, 0.717) is 22.5 Å². The van der Waals surface area contributed by atoms with Crippen molar-refractivity contribution >= 4 is 28.4 Å². The maximum absolute atomic E-state index is 12.6. The van der Waals surface area contributed by atoms with E-state index in [1.807, 2.05) is 31.2 Å². The summed E-state index contributed by atoms with van der Waals surface area (Å²) in [5, 5.41) is 3.70. The maximum atomic E-state index is 12.6. The molecular formula is C19H17N3O2. The minimum atomic E-state index is -0.537. The number of anilines is 1. The predicted octanol–water partition coefficient (Wildman–Crippen LogP) is 3.20. The van der Waals surface area contributed by atoms with Crippen molar-refractivity contribution in [3.8, 4) is 0 Å². The number of amides is 2. The standard InChI is InChI=1S/C19H17N3O2/c1-11-6-7-17-14(8-11)10-16(12(2)21-17)19(24)22-15-5-3-4-13(9-15)18(20)23/h3-10H,1-2H3,(H2,20,23)(H,22,24). The number of fused-ring (bicyclic) bond motifs is 1. The monoisotopic (exact) mass is 319 g/mol. The van der Waals surface area contributed by atoms with Gasteiger partial charge in [0.2, 0.25) is 5.91 Å². The van der Waals surface area contributed by atoms with Gasteiger partial charge in [-0.05, 0) is 50.2 Å². The zero-order valence-corrected chi connectivity index (χ0v) is 13.5. The van der Waals surface area contributed by atoms with E-state index in [2.05, 4.69) is 10.3 Å². The number of carbonyl (C=O) groups excluding carboxylic acids is 2. The average Bonchev–Trinajstić information content (AvgIpc) is 2.54. The third-order valence-corrected chi connectivity index (χ3v) is 3.81. The molecule has 3 rings (SSSR count). The number of aromatic nitrogens is 1. The van der Waals surface area contributed by atoms with Crippen LogP contribution < -0.4 is 11.1 Å². The molecule has 0 spiro atoms. The number of hydrogen-bond donors (Lipinski definition) is 2. The first kappa shape index (κ1) is 15.7. The van der Waals surface area contributed by atoms with E-state index in [0.717, 1.165) is 16.5 Å². The minimum absolute atomic E-state index is 0.273. The molecule has 5 heteroatoms. The Balaban J connectivity index is 1.95. The largest absolute Gasteiger partial charge is 0.366 e. The smallest absolute Gasteiger partial charge is 0.257 e. The number of carbonyl (C=O) groups is 2. The van der Waals surface area contributed by atoms with Gasteiger partial charge in [0.25, 0.3) is 5.91 Å². The first-order valence-electron chi connectivity index (χ1n) is 7.53. The predicted molar refractivity (Wildman–Crippen MR) is 94.1 cm³/mol. The Morgan fingerprint density at radius 3 is 2.58 bits per heavy atom. The van der Waals surface area contributed by atoms with Crippen LogP contribution in [0.5, 0.6) is 0 Å². The second kappa shape index (κ2) is 6.12. The maximum Gasteiger partial charge on any atom is 0.257 e. The highest BCUT2D eigenvalue weighted by Crippen LogP contribution is 2.19. The molecule has 1 heterocycles. The molecule has 120 valence electrons. The quantitative estimate of drug-likeness (QED) is 0.777. The fourth-order valence-electron chi connectivity index (χ4n) is 2.57. The third-order valence-electron chi connectivity index (χ3n) is 3.81. The Labute approximate surface area is 139 Å². The van der Waals surface area contributed by atoms with Crippen LogP contribution in [0.15, 0.2) is 48.5 Å². The minimum Gasteiger partial charge on any atom is -0.366 e. The number of benzene rings is 2. The van der Waals surface area contributed by atoms with Crippen molar-refractivity contribution in [1.82, 2.24) is 4.98 Å². The van der Waals surface area contributed by atoms with Crippen molar-refractivity contribution in [2.45, 2.75) is 13.8 Å². The van der Waals surface area contributed by atoms with E-state index in [4.69, 9.17) is 5.73 Å². The summed E-state index contributed by atoms with van der Waals surface area (Å²) in [5.41, 5.74) is 9.22. The van der Waals surface area contributed by atoms with Crippen LogP contribution in [0.25, 0.3) is 10.9 Å². The van der Waals surface area contributed by atoms with Crippen molar-refractivity contribution in [2.75, 3.05) is 5.32 Å². The van der Waals surface area contributed by atoms with Gasteiger partial charge in [-0.15, -0.1) is 0 Å². The van der Waals surface area contributed by atoms with E-state index >= 15 is 0 Å². The van der Waals surface area contributed by atoms with Gasteiger partial charge in [0.05, 0.1) is 16.8 Å². The van der Waals surface area contributed by atoms with Gasteiger partial charge in [-0.3, -0.25) is 14.6 Å².